The Bertz CT molecular complexity index is 822. The Balaban J connectivity index is 2.17. The molecule has 0 aliphatic carbocycles. The summed E-state index contributed by atoms with van der Waals surface area (Å²) in [4.78, 5) is 33.9. The smallest absolute Gasteiger partial charge is 0.337 e. The van der Waals surface area contributed by atoms with E-state index in [2.05, 4.69) is 4.74 Å². The molecule has 122 valence electrons. The summed E-state index contributed by atoms with van der Waals surface area (Å²) in [6.07, 6.45) is 2.91. The first kappa shape index (κ1) is 17.1. The number of nitro benzene ring substituents is 1. The van der Waals surface area contributed by atoms with E-state index in [-0.39, 0.29) is 17.0 Å². The molecule has 0 bridgehead atoms. The lowest BCUT2D eigenvalue weighted by Gasteiger charge is -2.01. The van der Waals surface area contributed by atoms with Gasteiger partial charge in [0.25, 0.3) is 5.69 Å². The summed E-state index contributed by atoms with van der Waals surface area (Å²) in [6, 6.07) is 10.9. The third-order valence-electron chi connectivity index (χ3n) is 3.45. The van der Waals surface area contributed by atoms with Gasteiger partial charge in [-0.15, -0.1) is 0 Å². The van der Waals surface area contributed by atoms with Crippen LogP contribution in [0.3, 0.4) is 0 Å². The number of carbonyl (C=O) groups excluding carboxylic acids is 2. The summed E-state index contributed by atoms with van der Waals surface area (Å²) in [6.45, 7) is 1.62. The number of rotatable bonds is 5. The van der Waals surface area contributed by atoms with Gasteiger partial charge in [0.15, 0.2) is 5.78 Å². The van der Waals surface area contributed by atoms with Crippen LogP contribution in [0.4, 0.5) is 5.69 Å². The van der Waals surface area contributed by atoms with Gasteiger partial charge in [-0.05, 0) is 30.7 Å². The molecule has 0 saturated carbocycles. The van der Waals surface area contributed by atoms with Crippen molar-refractivity contribution in [3.8, 4) is 0 Å². The molecular formula is C18H15NO5. The Morgan fingerprint density at radius 3 is 2.29 bits per heavy atom. The maximum Gasteiger partial charge on any atom is 0.337 e. The molecule has 0 heterocycles. The van der Waals surface area contributed by atoms with Crippen molar-refractivity contribution in [2.45, 2.75) is 6.92 Å². The molecule has 24 heavy (non-hydrogen) atoms. The predicted octanol–water partition coefficient (Wildman–Crippen LogP) is 3.59. The topological polar surface area (TPSA) is 86.5 Å². The molecule has 0 aliphatic heterocycles. The molecule has 0 aromatic heterocycles. The highest BCUT2D eigenvalue weighted by molar-refractivity contribution is 6.07. The highest BCUT2D eigenvalue weighted by atomic mass is 16.6. The van der Waals surface area contributed by atoms with E-state index >= 15 is 0 Å². The molecule has 2 aromatic rings. The zero-order chi connectivity index (χ0) is 17.7. The largest absolute Gasteiger partial charge is 0.465 e. The van der Waals surface area contributed by atoms with Crippen LogP contribution in [0, 0.1) is 17.0 Å². The standard InChI is InChI=1S/C18H15NO5/c1-12-3-7-15(11-16(12)19(22)23)17(20)10-6-13-4-8-14(9-5-13)18(21)24-2/h3-11H,1-2H3. The van der Waals surface area contributed by atoms with Gasteiger partial charge in [0.05, 0.1) is 17.6 Å². The lowest BCUT2D eigenvalue weighted by molar-refractivity contribution is -0.385. The fourth-order valence-corrected chi connectivity index (χ4v) is 2.08. The molecule has 6 heteroatoms. The Hall–Kier alpha value is -3.28. The number of esters is 1. The van der Waals surface area contributed by atoms with Crippen LogP contribution < -0.4 is 0 Å². The summed E-state index contributed by atoms with van der Waals surface area (Å²) in [5.41, 5.74) is 1.79. The van der Waals surface area contributed by atoms with E-state index < -0.39 is 10.9 Å². The van der Waals surface area contributed by atoms with Gasteiger partial charge in [0, 0.05) is 17.2 Å². The van der Waals surface area contributed by atoms with E-state index in [1.54, 1.807) is 49.4 Å². The first-order chi connectivity index (χ1) is 11.4. The first-order valence-corrected chi connectivity index (χ1v) is 7.08. The SMILES string of the molecule is COC(=O)c1ccc(C=CC(=O)c2ccc(C)c([N+](=O)[O-])c2)cc1. The molecule has 0 fully saturated rings. The normalized spacial score (nSPS) is 10.6. The highest BCUT2D eigenvalue weighted by Gasteiger charge is 2.13. The number of benzene rings is 2. The minimum atomic E-state index is -0.513. The number of aryl methyl sites for hydroxylation is 1. The van der Waals surface area contributed by atoms with Crippen LogP contribution in [0.25, 0.3) is 6.08 Å². The molecular weight excluding hydrogens is 310 g/mol. The number of ether oxygens (including phenoxy) is 1. The van der Waals surface area contributed by atoms with Gasteiger partial charge in [0.2, 0.25) is 0 Å². The molecule has 2 rings (SSSR count). The van der Waals surface area contributed by atoms with Crippen LogP contribution >= 0.6 is 0 Å². The molecule has 0 amide bonds. The van der Waals surface area contributed by atoms with Crippen LogP contribution in [0.5, 0.6) is 0 Å². The van der Waals surface area contributed by atoms with Gasteiger partial charge in [-0.1, -0.05) is 30.3 Å². The van der Waals surface area contributed by atoms with E-state index in [0.29, 0.717) is 11.1 Å². The van der Waals surface area contributed by atoms with Crippen molar-refractivity contribution in [3.05, 3.63) is 80.9 Å². The fourth-order valence-electron chi connectivity index (χ4n) is 2.08. The number of nitro groups is 1. The minimum absolute atomic E-state index is 0.0864. The number of ketones is 1. The monoisotopic (exact) mass is 325 g/mol. The molecule has 0 N–H and O–H groups in total. The highest BCUT2D eigenvalue weighted by Crippen LogP contribution is 2.20. The molecule has 0 aliphatic rings. The van der Waals surface area contributed by atoms with E-state index in [0.717, 1.165) is 5.56 Å². The second kappa shape index (κ2) is 7.32. The first-order valence-electron chi connectivity index (χ1n) is 7.08. The molecule has 0 saturated heterocycles. The summed E-state index contributed by atoms with van der Waals surface area (Å²) < 4.78 is 4.61. The van der Waals surface area contributed by atoms with Crippen molar-refractivity contribution >= 4 is 23.5 Å². The number of carbonyl (C=O) groups is 2. The summed E-state index contributed by atoms with van der Waals surface area (Å²) in [5, 5.41) is 10.9. The van der Waals surface area contributed by atoms with Crippen molar-refractivity contribution in [2.24, 2.45) is 0 Å². The number of allylic oxidation sites excluding steroid dienone is 1. The van der Waals surface area contributed by atoms with Gasteiger partial charge in [-0.2, -0.15) is 0 Å². The lowest BCUT2D eigenvalue weighted by atomic mass is 10.1. The van der Waals surface area contributed by atoms with Crippen molar-refractivity contribution in [1.82, 2.24) is 0 Å². The number of methoxy groups -OCH3 is 1. The van der Waals surface area contributed by atoms with Crippen molar-refractivity contribution in [2.75, 3.05) is 7.11 Å². The predicted molar refractivity (Wildman–Crippen MR) is 89.0 cm³/mol. The Morgan fingerprint density at radius 1 is 1.08 bits per heavy atom. The van der Waals surface area contributed by atoms with E-state index in [1.165, 1.54) is 19.3 Å². The summed E-state index contributed by atoms with van der Waals surface area (Å²) >= 11 is 0. The molecule has 0 atom stereocenters. The Kier molecular flexibility index (Phi) is 5.21. The quantitative estimate of drug-likeness (QED) is 0.276. The summed E-state index contributed by atoms with van der Waals surface area (Å²) in [5.74, 6) is -0.774. The number of hydrogen-bond acceptors (Lipinski definition) is 5. The Labute approximate surface area is 138 Å². The van der Waals surface area contributed by atoms with Crippen molar-refractivity contribution < 1.29 is 19.2 Å². The minimum Gasteiger partial charge on any atom is -0.465 e. The zero-order valence-corrected chi connectivity index (χ0v) is 13.2. The van der Waals surface area contributed by atoms with Crippen LogP contribution in [-0.2, 0) is 4.74 Å². The maximum atomic E-state index is 12.1. The van der Waals surface area contributed by atoms with Crippen LogP contribution in [-0.4, -0.2) is 23.8 Å². The van der Waals surface area contributed by atoms with Crippen LogP contribution in [0.1, 0.15) is 31.8 Å². The van der Waals surface area contributed by atoms with Gasteiger partial charge >= 0.3 is 5.97 Å². The third-order valence-corrected chi connectivity index (χ3v) is 3.45. The molecule has 0 unspecified atom stereocenters. The van der Waals surface area contributed by atoms with Gasteiger partial charge in [-0.25, -0.2) is 4.79 Å². The Morgan fingerprint density at radius 2 is 1.71 bits per heavy atom. The van der Waals surface area contributed by atoms with Gasteiger partial charge < -0.3 is 4.74 Å². The maximum absolute atomic E-state index is 12.1. The van der Waals surface area contributed by atoms with Gasteiger partial charge in [-0.3, -0.25) is 14.9 Å². The van der Waals surface area contributed by atoms with E-state index in [4.69, 9.17) is 0 Å². The van der Waals surface area contributed by atoms with Crippen molar-refractivity contribution in [3.63, 3.8) is 0 Å². The molecule has 0 spiro atoms. The fraction of sp³-hybridized carbons (Fsp3) is 0.111. The molecule has 2 aromatic carbocycles. The molecule has 0 radical (unpaired) electrons. The second-order valence-electron chi connectivity index (χ2n) is 5.07. The lowest BCUT2D eigenvalue weighted by Crippen LogP contribution is -2.00. The van der Waals surface area contributed by atoms with E-state index in [1.807, 2.05) is 0 Å². The summed E-state index contributed by atoms with van der Waals surface area (Å²) in [7, 11) is 1.30. The average molecular weight is 325 g/mol. The second-order valence-corrected chi connectivity index (χ2v) is 5.07. The van der Waals surface area contributed by atoms with E-state index in [9.17, 15) is 19.7 Å². The number of hydrogen-bond donors (Lipinski definition) is 0. The number of nitrogens with zero attached hydrogens (tertiary/aromatic N) is 1. The van der Waals surface area contributed by atoms with Crippen molar-refractivity contribution in [1.29, 1.82) is 0 Å². The molecule has 6 nitrogen and oxygen atoms in total. The zero-order valence-electron chi connectivity index (χ0n) is 13.2. The average Bonchev–Trinajstić information content (AvgIpc) is 2.59. The third kappa shape index (κ3) is 3.92. The van der Waals surface area contributed by atoms with Crippen LogP contribution in [0.15, 0.2) is 48.5 Å². The van der Waals surface area contributed by atoms with Gasteiger partial charge in [0.1, 0.15) is 0 Å². The van der Waals surface area contributed by atoms with Crippen LogP contribution in [0.2, 0.25) is 0 Å².